The fourth-order valence-electron chi connectivity index (χ4n) is 1.59. The predicted molar refractivity (Wildman–Crippen MR) is 68.0 cm³/mol. The fourth-order valence-corrected chi connectivity index (χ4v) is 1.59. The molecule has 0 aliphatic carbocycles. The Bertz CT molecular complexity index is 643. The Kier molecular flexibility index (Phi) is 3.91. The first-order valence-corrected chi connectivity index (χ1v) is 5.76. The summed E-state index contributed by atoms with van der Waals surface area (Å²) in [6.07, 6.45) is 2.02. The van der Waals surface area contributed by atoms with Crippen molar-refractivity contribution in [2.45, 2.75) is 13.0 Å². The Hall–Kier alpha value is -2.95. The third kappa shape index (κ3) is 2.56. The van der Waals surface area contributed by atoms with Crippen molar-refractivity contribution in [3.63, 3.8) is 0 Å². The van der Waals surface area contributed by atoms with Gasteiger partial charge in [0.25, 0.3) is 0 Å². The molecule has 0 saturated heterocycles. The van der Waals surface area contributed by atoms with Crippen molar-refractivity contribution in [3.05, 3.63) is 29.7 Å². The molecule has 0 saturated carbocycles. The van der Waals surface area contributed by atoms with Gasteiger partial charge in [0.15, 0.2) is 11.6 Å². The van der Waals surface area contributed by atoms with Crippen molar-refractivity contribution in [2.75, 3.05) is 7.11 Å². The quantitative estimate of drug-likeness (QED) is 0.787. The number of hydrogen-bond donors (Lipinski definition) is 1. The summed E-state index contributed by atoms with van der Waals surface area (Å²) >= 11 is 0. The van der Waals surface area contributed by atoms with Crippen molar-refractivity contribution in [1.82, 2.24) is 25.1 Å². The molecule has 2 aromatic rings. The highest BCUT2D eigenvalue weighted by Gasteiger charge is 2.18. The van der Waals surface area contributed by atoms with Crippen LogP contribution in [0.2, 0.25) is 0 Å². The summed E-state index contributed by atoms with van der Waals surface area (Å²) in [7, 11) is 1.45. The van der Waals surface area contributed by atoms with Crippen molar-refractivity contribution in [3.8, 4) is 17.9 Å². The summed E-state index contributed by atoms with van der Waals surface area (Å²) in [5.41, 5.74) is 0.446. The maximum absolute atomic E-state index is 10.5. The second kappa shape index (κ2) is 5.79. The van der Waals surface area contributed by atoms with E-state index >= 15 is 0 Å². The van der Waals surface area contributed by atoms with Crippen LogP contribution in [0.15, 0.2) is 18.3 Å². The number of nitriles is 1. The standard InChI is InChI=1S/C12H12N6O2/c1-8(15-7-19)11-16-12(20-2)17-18(11)10-4-3-9(5-13)6-14-10/h3-4,6-8H,1-2H3,(H,15,19). The van der Waals surface area contributed by atoms with Crippen LogP contribution < -0.4 is 10.1 Å². The van der Waals surface area contributed by atoms with Gasteiger partial charge in [-0.25, -0.2) is 4.98 Å². The smallest absolute Gasteiger partial charge is 0.335 e. The number of rotatable bonds is 5. The molecule has 1 amide bonds. The van der Waals surface area contributed by atoms with Crippen LogP contribution in [0.1, 0.15) is 24.4 Å². The van der Waals surface area contributed by atoms with Gasteiger partial charge in [-0.2, -0.15) is 14.9 Å². The average Bonchev–Trinajstić information content (AvgIpc) is 2.92. The van der Waals surface area contributed by atoms with Gasteiger partial charge < -0.3 is 10.1 Å². The normalized spacial score (nSPS) is 11.4. The van der Waals surface area contributed by atoms with E-state index in [-0.39, 0.29) is 12.1 Å². The SMILES string of the molecule is COc1nc(C(C)NC=O)n(-c2ccc(C#N)cn2)n1. The molecular formula is C12H12N6O2. The Balaban J connectivity index is 2.45. The summed E-state index contributed by atoms with van der Waals surface area (Å²) in [5.74, 6) is 0.959. The second-order valence-corrected chi connectivity index (χ2v) is 3.89. The first-order valence-electron chi connectivity index (χ1n) is 5.76. The number of aromatic nitrogens is 4. The van der Waals surface area contributed by atoms with Crippen molar-refractivity contribution >= 4 is 6.41 Å². The molecule has 2 heterocycles. The largest absolute Gasteiger partial charge is 0.466 e. The lowest BCUT2D eigenvalue weighted by molar-refractivity contribution is -0.110. The van der Waals surface area contributed by atoms with Crippen molar-refractivity contribution in [2.24, 2.45) is 0 Å². The number of methoxy groups -OCH3 is 1. The molecule has 1 N–H and O–H groups in total. The van der Waals surface area contributed by atoms with Gasteiger partial charge in [0.05, 0.1) is 18.7 Å². The third-order valence-electron chi connectivity index (χ3n) is 2.59. The third-order valence-corrected chi connectivity index (χ3v) is 2.59. The molecule has 2 rings (SSSR count). The van der Waals surface area contributed by atoms with Crippen molar-refractivity contribution in [1.29, 1.82) is 5.26 Å². The molecule has 1 unspecified atom stereocenters. The summed E-state index contributed by atoms with van der Waals surface area (Å²) in [4.78, 5) is 18.9. The average molecular weight is 272 g/mol. The minimum absolute atomic E-state index is 0.172. The number of amides is 1. The first kappa shape index (κ1) is 13.5. The molecule has 0 aromatic carbocycles. The molecule has 0 spiro atoms. The zero-order valence-electron chi connectivity index (χ0n) is 10.9. The Morgan fingerprint density at radius 2 is 2.35 bits per heavy atom. The van der Waals surface area contributed by atoms with Crippen molar-refractivity contribution < 1.29 is 9.53 Å². The van der Waals surface area contributed by atoms with Gasteiger partial charge in [-0.05, 0) is 19.1 Å². The van der Waals surface area contributed by atoms with Gasteiger partial charge >= 0.3 is 6.01 Å². The summed E-state index contributed by atoms with van der Waals surface area (Å²) < 4.78 is 6.45. The van der Waals surface area contributed by atoms with E-state index in [0.29, 0.717) is 23.6 Å². The molecule has 2 aromatic heterocycles. The van der Waals surface area contributed by atoms with Gasteiger partial charge in [-0.3, -0.25) is 4.79 Å². The van der Waals surface area contributed by atoms with Crippen LogP contribution in [0.25, 0.3) is 5.82 Å². The summed E-state index contributed by atoms with van der Waals surface area (Å²) in [6.45, 7) is 1.76. The highest BCUT2D eigenvalue weighted by atomic mass is 16.5. The zero-order valence-corrected chi connectivity index (χ0v) is 10.9. The molecule has 8 nitrogen and oxygen atoms in total. The topological polar surface area (TPSA) is 106 Å². The van der Waals surface area contributed by atoms with Gasteiger partial charge in [-0.1, -0.05) is 0 Å². The molecular weight excluding hydrogens is 260 g/mol. The van der Waals surface area contributed by atoms with Gasteiger partial charge in [0, 0.05) is 6.20 Å². The van der Waals surface area contributed by atoms with E-state index in [1.54, 1.807) is 19.1 Å². The number of hydrogen-bond acceptors (Lipinski definition) is 6. The van der Waals surface area contributed by atoms with E-state index in [1.165, 1.54) is 18.0 Å². The van der Waals surface area contributed by atoms with Crippen LogP contribution in [0.5, 0.6) is 6.01 Å². The van der Waals surface area contributed by atoms with Gasteiger partial charge in [0.1, 0.15) is 6.07 Å². The summed E-state index contributed by atoms with van der Waals surface area (Å²) in [6, 6.07) is 5.07. The number of nitrogens with zero attached hydrogens (tertiary/aromatic N) is 5. The molecule has 20 heavy (non-hydrogen) atoms. The van der Waals surface area contributed by atoms with Crippen LogP contribution in [0, 0.1) is 11.3 Å². The van der Waals surface area contributed by atoms with E-state index in [2.05, 4.69) is 20.4 Å². The predicted octanol–water partition coefficient (Wildman–Crippen LogP) is 0.350. The number of pyridine rings is 1. The van der Waals surface area contributed by atoms with E-state index in [1.807, 2.05) is 6.07 Å². The Morgan fingerprint density at radius 3 is 2.90 bits per heavy atom. The second-order valence-electron chi connectivity index (χ2n) is 3.89. The minimum atomic E-state index is -0.360. The van der Waals surface area contributed by atoms with Gasteiger partial charge in [0.2, 0.25) is 6.41 Å². The first-order chi connectivity index (χ1) is 9.69. The molecule has 1 atom stereocenters. The monoisotopic (exact) mass is 272 g/mol. The Morgan fingerprint density at radius 1 is 1.55 bits per heavy atom. The van der Waals surface area contributed by atoms with Crippen LogP contribution in [0.4, 0.5) is 0 Å². The lowest BCUT2D eigenvalue weighted by Gasteiger charge is -2.10. The van der Waals surface area contributed by atoms with Crippen LogP contribution in [-0.2, 0) is 4.79 Å². The molecule has 0 bridgehead atoms. The van der Waals surface area contributed by atoms with E-state index < -0.39 is 0 Å². The molecule has 0 aliphatic rings. The lowest BCUT2D eigenvalue weighted by atomic mass is 10.3. The van der Waals surface area contributed by atoms with E-state index in [4.69, 9.17) is 10.00 Å². The number of carbonyl (C=O) groups is 1. The van der Waals surface area contributed by atoms with Crippen LogP contribution >= 0.6 is 0 Å². The fraction of sp³-hybridized carbons (Fsp3) is 0.250. The zero-order chi connectivity index (χ0) is 14.5. The molecule has 0 radical (unpaired) electrons. The maximum Gasteiger partial charge on any atom is 0.335 e. The molecule has 8 heteroatoms. The maximum atomic E-state index is 10.5. The number of ether oxygens (including phenoxy) is 1. The highest BCUT2D eigenvalue weighted by Crippen LogP contribution is 2.17. The summed E-state index contributed by atoms with van der Waals surface area (Å²) in [5, 5.41) is 15.5. The van der Waals surface area contributed by atoms with Crippen LogP contribution in [-0.4, -0.2) is 33.3 Å². The Labute approximate surface area is 115 Å². The van der Waals surface area contributed by atoms with Crippen LogP contribution in [0.3, 0.4) is 0 Å². The lowest BCUT2D eigenvalue weighted by Crippen LogP contribution is -2.20. The van der Waals surface area contributed by atoms with E-state index in [0.717, 1.165) is 0 Å². The minimum Gasteiger partial charge on any atom is -0.466 e. The number of carbonyl (C=O) groups excluding carboxylic acids is 1. The van der Waals surface area contributed by atoms with Gasteiger partial charge in [-0.15, -0.1) is 5.10 Å². The molecule has 0 fully saturated rings. The molecule has 102 valence electrons. The molecule has 0 aliphatic heterocycles. The van der Waals surface area contributed by atoms with E-state index in [9.17, 15) is 4.79 Å². The highest BCUT2D eigenvalue weighted by molar-refractivity contribution is 5.47. The number of nitrogens with one attached hydrogen (secondary N) is 1.